The number of hydrogen-bond acceptors (Lipinski definition) is 25. The van der Waals surface area contributed by atoms with Crippen LogP contribution in [0.1, 0.15) is 81.1 Å². The van der Waals surface area contributed by atoms with Gasteiger partial charge < -0.3 is 86.9 Å². The summed E-state index contributed by atoms with van der Waals surface area (Å²) in [6.07, 6.45) is -7.02. The number of anilines is 1. The van der Waals surface area contributed by atoms with Gasteiger partial charge >= 0.3 is 0 Å². The number of fused-ring (bicyclic) bond motifs is 2. The molecule has 1 aliphatic carbocycles. The van der Waals surface area contributed by atoms with Crippen LogP contribution in [-0.2, 0) is 49.4 Å². The monoisotopic (exact) mass is 1410 g/mol. The van der Waals surface area contributed by atoms with E-state index in [4.69, 9.17) is 15.2 Å². The number of aromatic nitrogens is 2. The van der Waals surface area contributed by atoms with Crippen molar-refractivity contribution in [3.8, 4) is 43.8 Å². The molecule has 10 rings (SSSR count). The quantitative estimate of drug-likeness (QED) is 0.0235. The first kappa shape index (κ1) is 73.3. The van der Waals surface area contributed by atoms with Gasteiger partial charge in [-0.2, -0.15) is 0 Å². The van der Waals surface area contributed by atoms with Crippen LogP contribution in [0.3, 0.4) is 0 Å². The molecule has 5 aliphatic rings. The number of piperazine rings is 1. The molecule has 4 aliphatic heterocycles. The lowest BCUT2D eigenvalue weighted by atomic mass is 9.94. The third kappa shape index (κ3) is 17.9. The van der Waals surface area contributed by atoms with E-state index in [-0.39, 0.29) is 29.2 Å². The molecule has 0 bridgehead atoms. The molecule has 13 unspecified atom stereocenters. The predicted octanol–water partition coefficient (Wildman–Crippen LogP) is -0.113. The van der Waals surface area contributed by atoms with Gasteiger partial charge in [0.1, 0.15) is 46.3 Å². The highest BCUT2D eigenvalue weighted by Gasteiger charge is 2.50. The third-order valence-electron chi connectivity index (χ3n) is 18.7. The molecule has 31 nitrogen and oxygen atoms in total. The van der Waals surface area contributed by atoms with Gasteiger partial charge in [-0.15, -0.1) is 10.2 Å². The van der Waals surface area contributed by atoms with Crippen LogP contribution in [0, 0.1) is 5.92 Å². The van der Waals surface area contributed by atoms with Crippen LogP contribution in [0.15, 0.2) is 91.0 Å². The van der Waals surface area contributed by atoms with E-state index in [0.29, 0.717) is 15.6 Å². The average molecular weight is 1410 g/mol. The smallest absolute Gasteiger partial charge is 0.261 e. The number of amides is 8. The fourth-order valence-corrected chi connectivity index (χ4v) is 14.5. The van der Waals surface area contributed by atoms with Crippen molar-refractivity contribution >= 4 is 76.6 Å². The van der Waals surface area contributed by atoms with E-state index in [0.717, 1.165) is 77.8 Å². The first-order chi connectivity index (χ1) is 47.4. The fourth-order valence-electron chi connectivity index (χ4n) is 13.3. The lowest BCUT2D eigenvalue weighted by Crippen LogP contribution is -2.64. The zero-order chi connectivity index (χ0) is 70.8. The molecule has 532 valence electrons. The van der Waals surface area contributed by atoms with Gasteiger partial charge in [-0.05, 0) is 72.9 Å². The predicted molar refractivity (Wildman–Crippen MR) is 357 cm³/mol. The minimum Gasteiger partial charge on any atom is -0.504 e. The van der Waals surface area contributed by atoms with Gasteiger partial charge in [-0.25, -0.2) is 5.26 Å². The summed E-state index contributed by atoms with van der Waals surface area (Å²) in [5, 5.41) is 113. The van der Waals surface area contributed by atoms with Crippen LogP contribution in [0.25, 0.3) is 32.3 Å². The van der Waals surface area contributed by atoms with Gasteiger partial charge in [-0.1, -0.05) is 101 Å². The molecule has 5 heterocycles. The van der Waals surface area contributed by atoms with Crippen LogP contribution >= 0.6 is 23.7 Å². The number of aromatic hydroxyl groups is 1. The van der Waals surface area contributed by atoms with E-state index in [1.807, 2.05) is 24.3 Å². The van der Waals surface area contributed by atoms with E-state index >= 15 is 0 Å². The van der Waals surface area contributed by atoms with Gasteiger partial charge in [0.05, 0.1) is 43.0 Å². The Morgan fingerprint density at radius 3 is 1.95 bits per heavy atom. The van der Waals surface area contributed by atoms with Gasteiger partial charge in [0.25, 0.3) is 18.2 Å². The fraction of sp³-hybridized carbons (Fsp3) is 0.485. The van der Waals surface area contributed by atoms with Crippen LogP contribution in [-0.4, -0.2) is 238 Å². The molecule has 33 heteroatoms. The van der Waals surface area contributed by atoms with Crippen LogP contribution in [0.2, 0.25) is 0 Å². The maximum Gasteiger partial charge on any atom is 0.261 e. The highest BCUT2D eigenvalue weighted by atomic mass is 32.2. The molecule has 4 aromatic carbocycles. The van der Waals surface area contributed by atoms with Gasteiger partial charge in [0.2, 0.25) is 41.4 Å². The van der Waals surface area contributed by atoms with Crippen molar-refractivity contribution in [2.24, 2.45) is 11.7 Å². The van der Waals surface area contributed by atoms with Gasteiger partial charge in [0, 0.05) is 99.4 Å². The highest BCUT2D eigenvalue weighted by molar-refractivity contribution is 7.90. The molecule has 1 saturated carbocycles. The number of primary amides is 1. The Morgan fingerprint density at radius 1 is 0.707 bits per heavy atom. The number of nitrogens with two attached hydrogens (primary N) is 1. The number of carbonyl (C=O) groups is 8. The number of phenols is 1. The second-order valence-corrected chi connectivity index (χ2v) is 27.1. The van der Waals surface area contributed by atoms with Crippen molar-refractivity contribution in [3.63, 3.8) is 0 Å². The summed E-state index contributed by atoms with van der Waals surface area (Å²) < 4.78 is 9.32. The summed E-state index contributed by atoms with van der Waals surface area (Å²) in [6, 6.07) is 15.3. The van der Waals surface area contributed by atoms with Crippen molar-refractivity contribution in [2.45, 2.75) is 151 Å². The standard InChI is InChI=1S/C66H82N12O19S2/c1-34-32-78-56(57(34)86)62(91)68-31-44(80)28-46(69-58(87)39-11-15-41(16-12-39)64-74-73-63(98-64)40-13-9-37(10-14-40)38-17-19-43(20-18-38)76-24-22-75(23-25-76)42-6-4-3-5-7-42)59(88)70-53(35(2)79)65(92)77-33-45(81)29-47(77)60(89)71-54(61(90)72-55(66(78)93)50(84)30-52(67)85)49(83)26-36-8-21-48(82)51(27-36)95-99-97-96-94/h8-21,27,34-35,42,44-47,49-50,53-57,79-84,86,94H,3-7,22-26,28-33H2,1-2H3,(H2,67,85)(H,68,91)(H,69,87)(H,70,88)(H,71,89)(H,72,90). The largest absolute Gasteiger partial charge is 0.504 e. The van der Waals surface area contributed by atoms with Gasteiger partial charge in [0.15, 0.2) is 11.5 Å². The molecule has 1 aromatic heterocycles. The topological polar surface area (TPSA) is 451 Å². The minimum atomic E-state index is -2.22. The first-order valence-electron chi connectivity index (χ1n) is 32.7. The molecule has 4 saturated heterocycles. The number of hydrogen-bond donors (Lipinski definition) is 14. The van der Waals surface area contributed by atoms with Crippen LogP contribution < -0.4 is 41.4 Å². The Hall–Kier alpha value is -8.45. The number of benzene rings is 4. The summed E-state index contributed by atoms with van der Waals surface area (Å²) in [6.45, 7) is 5.05. The van der Waals surface area contributed by atoms with Crippen LogP contribution in [0.5, 0.6) is 11.5 Å². The average Bonchev–Trinajstić information content (AvgIpc) is 1.69. The van der Waals surface area contributed by atoms with E-state index in [2.05, 4.69) is 80.2 Å². The Kier molecular flexibility index (Phi) is 24.5. The van der Waals surface area contributed by atoms with E-state index in [1.165, 1.54) is 74.3 Å². The summed E-state index contributed by atoms with van der Waals surface area (Å²) in [4.78, 5) is 121. The summed E-state index contributed by atoms with van der Waals surface area (Å²) in [7, 11) is 0. The van der Waals surface area contributed by atoms with Crippen molar-refractivity contribution in [1.29, 1.82) is 0 Å². The summed E-state index contributed by atoms with van der Waals surface area (Å²) in [5.74, 6) is -11.1. The maximum absolute atomic E-state index is 14.7. The van der Waals surface area contributed by atoms with Crippen molar-refractivity contribution in [2.75, 3.05) is 50.7 Å². The molecule has 0 spiro atoms. The number of aliphatic hydroxyl groups excluding tert-OH is 6. The maximum atomic E-state index is 14.7. The van der Waals surface area contributed by atoms with E-state index < -0.39 is 177 Å². The molecule has 0 radical (unpaired) electrons. The summed E-state index contributed by atoms with van der Waals surface area (Å²) >= 11 is 1.38. The molecule has 99 heavy (non-hydrogen) atoms. The van der Waals surface area contributed by atoms with Gasteiger partial charge in [-0.3, -0.25) is 43.3 Å². The Bertz CT molecular complexity index is 3670. The Morgan fingerprint density at radius 2 is 1.31 bits per heavy atom. The number of nitrogens with one attached hydrogen (secondary N) is 5. The second-order valence-electron chi connectivity index (χ2n) is 25.7. The van der Waals surface area contributed by atoms with Crippen molar-refractivity contribution in [3.05, 3.63) is 102 Å². The number of carbonyl (C=O) groups excluding carboxylic acids is 8. The number of β-amino-alcohol motifs (C(OH)–C–C–N with tert-alkyl or cyclic N) is 1. The van der Waals surface area contributed by atoms with E-state index in [9.17, 15) is 74.1 Å². The van der Waals surface area contributed by atoms with Crippen molar-refractivity contribution in [1.82, 2.24) is 51.5 Å². The SMILES string of the molecule is CC(O)C1NC(=O)C(NC(=O)c2ccc(-c3nnc(-c4ccc(-c5ccc(N6CCN(C7CCCCC7)CC6)cc5)cc4)s3)cc2)CC(O)CNC(=O)C2C(O)C(C)CN2C(=O)C(C(O)CC(N)=O)NC(=O)C(C(O)Cc2ccc(O)c(OSOOO)c2)NC(=O)C2CC(O)CN2C1=O. The highest BCUT2D eigenvalue weighted by Crippen LogP contribution is 2.35. The zero-order valence-corrected chi connectivity index (χ0v) is 55.8. The van der Waals surface area contributed by atoms with E-state index in [1.54, 1.807) is 12.1 Å². The molecular formula is C66H82N12O19S2. The second kappa shape index (κ2) is 33.1. The first-order valence-corrected chi connectivity index (χ1v) is 34.2. The number of aliphatic hydroxyl groups is 6. The molecular weight excluding hydrogens is 1330 g/mol. The molecule has 15 N–H and O–H groups in total. The number of rotatable bonds is 18. The minimum absolute atomic E-state index is 0.0101. The lowest BCUT2D eigenvalue weighted by Gasteiger charge is -2.41. The number of nitrogens with zero attached hydrogens (tertiary/aromatic N) is 6. The van der Waals surface area contributed by atoms with Crippen molar-refractivity contribution < 1.29 is 92.9 Å². The number of phenolic OH excluding ortho intramolecular Hbond substituents is 1. The Labute approximate surface area is 577 Å². The normalized spacial score (nSPS) is 26.0. The lowest BCUT2D eigenvalue weighted by molar-refractivity contribution is -0.433. The zero-order valence-electron chi connectivity index (χ0n) is 54.2. The molecule has 5 aromatic rings. The molecule has 5 fully saturated rings. The van der Waals surface area contributed by atoms with Crippen LogP contribution in [0.4, 0.5) is 5.69 Å². The summed E-state index contributed by atoms with van der Waals surface area (Å²) in [5.41, 5.74) is 10.3. The Balaban J connectivity index is 0.869. The third-order valence-corrected chi connectivity index (χ3v) is 20.1. The molecule has 13 atom stereocenters. The molecule has 8 amide bonds.